The molecule has 182 valence electrons. The van der Waals surface area contributed by atoms with Crippen LogP contribution in [0.1, 0.15) is 28.4 Å². The zero-order chi connectivity index (χ0) is 25.2. The molecule has 1 N–H and O–H groups in total. The molecule has 0 bridgehead atoms. The summed E-state index contributed by atoms with van der Waals surface area (Å²) in [5.74, 6) is 0.744. The number of carbonyl (C=O) groups excluding carboxylic acids is 2. The summed E-state index contributed by atoms with van der Waals surface area (Å²) in [5, 5.41) is 3.96. The Kier molecular flexibility index (Phi) is 9.25. The summed E-state index contributed by atoms with van der Waals surface area (Å²) in [6.45, 7) is 1.87. The zero-order valence-corrected chi connectivity index (χ0v) is 21.1. The number of carbonyl (C=O) groups is 2. The van der Waals surface area contributed by atoms with Gasteiger partial charge in [-0.2, -0.15) is 5.10 Å². The number of ether oxygens (including phenoxy) is 4. The first-order valence-corrected chi connectivity index (χ1v) is 11.5. The lowest BCUT2D eigenvalue weighted by atomic mass is 10.2. The smallest absolute Gasteiger partial charge is 0.343 e. The quantitative estimate of drug-likeness (QED) is 0.172. The third-order valence-electron chi connectivity index (χ3n) is 4.89. The highest BCUT2D eigenvalue weighted by Crippen LogP contribution is 2.29. The van der Waals surface area contributed by atoms with Crippen molar-refractivity contribution in [2.45, 2.75) is 13.3 Å². The molecule has 3 aromatic carbocycles. The summed E-state index contributed by atoms with van der Waals surface area (Å²) >= 11 is 3.38. The highest BCUT2D eigenvalue weighted by molar-refractivity contribution is 9.10. The van der Waals surface area contributed by atoms with E-state index in [0.29, 0.717) is 22.8 Å². The molecule has 0 spiro atoms. The maximum absolute atomic E-state index is 12.7. The van der Waals surface area contributed by atoms with Gasteiger partial charge in [-0.05, 0) is 60.5 Å². The first kappa shape index (κ1) is 25.8. The van der Waals surface area contributed by atoms with Crippen LogP contribution >= 0.6 is 15.9 Å². The molecular weight excluding hydrogens is 516 g/mol. The molecule has 0 aliphatic rings. The van der Waals surface area contributed by atoms with Crippen molar-refractivity contribution in [1.82, 2.24) is 5.43 Å². The van der Waals surface area contributed by atoms with Crippen molar-refractivity contribution in [3.8, 4) is 23.0 Å². The second kappa shape index (κ2) is 12.6. The van der Waals surface area contributed by atoms with Crippen molar-refractivity contribution in [3.05, 3.63) is 81.8 Å². The average molecular weight is 541 g/mol. The number of amides is 1. The van der Waals surface area contributed by atoms with Crippen LogP contribution in [-0.2, 0) is 11.2 Å². The SMILES string of the molecule is CCc1ccc(OCC(=O)NN=Cc2cc(Br)ccc2OC(=O)c2ccc(OC)c(OC)c2)cc1. The average Bonchev–Trinajstić information content (AvgIpc) is 2.88. The number of esters is 1. The van der Waals surface area contributed by atoms with Crippen molar-refractivity contribution in [3.63, 3.8) is 0 Å². The normalized spacial score (nSPS) is 10.6. The van der Waals surface area contributed by atoms with Crippen LogP contribution in [0, 0.1) is 0 Å². The number of hydrogen-bond donors (Lipinski definition) is 1. The number of aryl methyl sites for hydroxylation is 1. The Morgan fingerprint density at radius 2 is 1.66 bits per heavy atom. The second-order valence-corrected chi connectivity index (χ2v) is 8.14. The van der Waals surface area contributed by atoms with Crippen LogP contribution in [0.4, 0.5) is 0 Å². The summed E-state index contributed by atoms with van der Waals surface area (Å²) in [7, 11) is 3.00. The Balaban J connectivity index is 1.63. The number of hydrogen-bond acceptors (Lipinski definition) is 7. The van der Waals surface area contributed by atoms with E-state index in [0.717, 1.165) is 10.9 Å². The lowest BCUT2D eigenvalue weighted by Crippen LogP contribution is -2.24. The Labute approximate surface area is 212 Å². The second-order valence-electron chi connectivity index (χ2n) is 7.22. The molecule has 9 heteroatoms. The maximum Gasteiger partial charge on any atom is 0.343 e. The van der Waals surface area contributed by atoms with Crippen LogP contribution in [0.25, 0.3) is 0 Å². The topological polar surface area (TPSA) is 95.5 Å². The summed E-state index contributed by atoms with van der Waals surface area (Å²) in [4.78, 5) is 24.8. The molecule has 3 rings (SSSR count). The van der Waals surface area contributed by atoms with E-state index in [1.54, 1.807) is 30.3 Å². The minimum atomic E-state index is -0.588. The highest BCUT2D eigenvalue weighted by atomic mass is 79.9. The van der Waals surface area contributed by atoms with E-state index in [2.05, 4.69) is 33.4 Å². The fourth-order valence-electron chi connectivity index (χ4n) is 3.01. The fraction of sp³-hybridized carbons (Fsp3) is 0.192. The molecule has 0 saturated heterocycles. The minimum Gasteiger partial charge on any atom is -0.493 e. The van der Waals surface area contributed by atoms with E-state index in [1.807, 2.05) is 24.3 Å². The third kappa shape index (κ3) is 7.31. The Morgan fingerprint density at radius 1 is 0.943 bits per heavy atom. The monoisotopic (exact) mass is 540 g/mol. The van der Waals surface area contributed by atoms with Crippen molar-refractivity contribution < 1.29 is 28.5 Å². The molecule has 0 aromatic heterocycles. The number of halogens is 1. The molecular formula is C26H25BrN2O6. The van der Waals surface area contributed by atoms with Crippen molar-refractivity contribution in [1.29, 1.82) is 0 Å². The van der Waals surface area contributed by atoms with Crippen LogP contribution in [0.5, 0.6) is 23.0 Å². The number of methoxy groups -OCH3 is 2. The largest absolute Gasteiger partial charge is 0.493 e. The molecule has 0 aliphatic carbocycles. The third-order valence-corrected chi connectivity index (χ3v) is 5.38. The van der Waals surface area contributed by atoms with Crippen molar-refractivity contribution in [2.24, 2.45) is 5.10 Å². The number of nitrogens with zero attached hydrogens (tertiary/aromatic N) is 1. The molecule has 0 heterocycles. The molecule has 1 amide bonds. The van der Waals surface area contributed by atoms with E-state index in [4.69, 9.17) is 18.9 Å². The lowest BCUT2D eigenvalue weighted by molar-refractivity contribution is -0.123. The number of hydrazone groups is 1. The maximum atomic E-state index is 12.7. The van der Waals surface area contributed by atoms with Gasteiger partial charge in [0.2, 0.25) is 0 Å². The van der Waals surface area contributed by atoms with Gasteiger partial charge in [0.05, 0.1) is 26.0 Å². The van der Waals surface area contributed by atoms with E-state index in [9.17, 15) is 9.59 Å². The van der Waals surface area contributed by atoms with Crippen molar-refractivity contribution >= 4 is 34.0 Å². The number of benzene rings is 3. The summed E-state index contributed by atoms with van der Waals surface area (Å²) < 4.78 is 22.2. The first-order valence-electron chi connectivity index (χ1n) is 10.7. The van der Waals surface area contributed by atoms with Crippen LogP contribution in [0.2, 0.25) is 0 Å². The molecule has 35 heavy (non-hydrogen) atoms. The van der Waals surface area contributed by atoms with Gasteiger partial charge >= 0.3 is 5.97 Å². The van der Waals surface area contributed by atoms with Gasteiger partial charge in [0.25, 0.3) is 5.91 Å². The van der Waals surface area contributed by atoms with E-state index in [1.165, 1.54) is 32.1 Å². The summed E-state index contributed by atoms with van der Waals surface area (Å²) in [6, 6.07) is 17.3. The van der Waals surface area contributed by atoms with E-state index >= 15 is 0 Å². The van der Waals surface area contributed by atoms with Gasteiger partial charge in [0, 0.05) is 10.0 Å². The van der Waals surface area contributed by atoms with Gasteiger partial charge < -0.3 is 18.9 Å². The van der Waals surface area contributed by atoms with E-state index < -0.39 is 11.9 Å². The number of nitrogens with one attached hydrogen (secondary N) is 1. The van der Waals surface area contributed by atoms with E-state index in [-0.39, 0.29) is 17.9 Å². The van der Waals surface area contributed by atoms with Crippen LogP contribution in [-0.4, -0.2) is 38.9 Å². The summed E-state index contributed by atoms with van der Waals surface area (Å²) in [6.07, 6.45) is 2.31. The molecule has 0 radical (unpaired) electrons. The standard InChI is InChI=1S/C26H25BrN2O6/c1-4-17-5-9-21(10-6-17)34-16-25(30)29-28-15-19-13-20(27)8-12-22(19)35-26(31)18-7-11-23(32-2)24(14-18)33-3/h5-15H,4,16H2,1-3H3,(H,29,30). The van der Waals surface area contributed by atoms with Crippen LogP contribution in [0.15, 0.2) is 70.2 Å². The summed E-state index contributed by atoms with van der Waals surface area (Å²) in [5.41, 5.74) is 4.35. The number of rotatable bonds is 10. The first-order chi connectivity index (χ1) is 16.9. The highest BCUT2D eigenvalue weighted by Gasteiger charge is 2.15. The molecule has 8 nitrogen and oxygen atoms in total. The van der Waals surface area contributed by atoms with Gasteiger partial charge in [-0.25, -0.2) is 10.2 Å². The predicted molar refractivity (Wildman–Crippen MR) is 136 cm³/mol. The zero-order valence-electron chi connectivity index (χ0n) is 19.5. The molecule has 0 saturated carbocycles. The van der Waals surface area contributed by atoms with Gasteiger partial charge in [-0.15, -0.1) is 0 Å². The Bertz CT molecular complexity index is 1210. The van der Waals surface area contributed by atoms with Gasteiger partial charge in [-0.1, -0.05) is 35.0 Å². The molecule has 0 unspecified atom stereocenters. The van der Waals surface area contributed by atoms with Crippen molar-refractivity contribution in [2.75, 3.05) is 20.8 Å². The molecule has 0 fully saturated rings. The molecule has 0 aliphatic heterocycles. The molecule has 0 atom stereocenters. The predicted octanol–water partition coefficient (Wildman–Crippen LogP) is 4.78. The van der Waals surface area contributed by atoms with Crippen LogP contribution in [0.3, 0.4) is 0 Å². The van der Waals surface area contributed by atoms with Crippen LogP contribution < -0.4 is 24.4 Å². The minimum absolute atomic E-state index is 0.192. The van der Waals surface area contributed by atoms with Gasteiger partial charge in [-0.3, -0.25) is 4.79 Å². The lowest BCUT2D eigenvalue weighted by Gasteiger charge is -2.11. The van der Waals surface area contributed by atoms with Gasteiger partial charge in [0.1, 0.15) is 11.5 Å². The fourth-order valence-corrected chi connectivity index (χ4v) is 3.39. The Morgan fingerprint density at radius 3 is 2.34 bits per heavy atom. The molecule has 3 aromatic rings. The Hall–Kier alpha value is -3.85. The van der Waals surface area contributed by atoms with Gasteiger partial charge in [0.15, 0.2) is 18.1 Å².